The van der Waals surface area contributed by atoms with Crippen LogP contribution in [0.3, 0.4) is 0 Å². The highest BCUT2D eigenvalue weighted by molar-refractivity contribution is 5.85. The second-order valence-electron chi connectivity index (χ2n) is 5.64. The van der Waals surface area contributed by atoms with Gasteiger partial charge in [0.25, 0.3) is 0 Å². The van der Waals surface area contributed by atoms with Crippen molar-refractivity contribution in [2.75, 3.05) is 18.5 Å². The number of benzene rings is 2. The Hall–Kier alpha value is -1.55. The number of anilines is 1. The Kier molecular flexibility index (Phi) is 6.90. The summed E-state index contributed by atoms with van der Waals surface area (Å²) in [6, 6.07) is 15.1. The zero-order chi connectivity index (χ0) is 15.2. The average Bonchev–Trinajstić information content (AvgIpc) is 3.03. The predicted octanol–water partition coefficient (Wildman–Crippen LogP) is 3.90. The Labute approximate surface area is 144 Å². The number of ether oxygens (including phenoxy) is 1. The Morgan fingerprint density at radius 3 is 2.57 bits per heavy atom. The minimum atomic E-state index is 0. The van der Waals surface area contributed by atoms with E-state index < -0.39 is 0 Å². The highest BCUT2D eigenvalue weighted by Gasteiger charge is 2.13. The molecule has 23 heavy (non-hydrogen) atoms. The van der Waals surface area contributed by atoms with E-state index in [1.165, 1.54) is 27.9 Å². The van der Waals surface area contributed by atoms with Gasteiger partial charge in [0.05, 0.1) is 6.61 Å². The van der Waals surface area contributed by atoms with Gasteiger partial charge < -0.3 is 15.4 Å². The van der Waals surface area contributed by atoms with Gasteiger partial charge in [-0.2, -0.15) is 0 Å². The molecule has 0 aliphatic carbocycles. The van der Waals surface area contributed by atoms with E-state index >= 15 is 0 Å². The molecule has 3 rings (SSSR count). The lowest BCUT2D eigenvalue weighted by Crippen LogP contribution is -2.15. The molecule has 1 heterocycles. The lowest BCUT2D eigenvalue weighted by atomic mass is 10.1. The minimum Gasteiger partial charge on any atom is -0.384 e. The van der Waals surface area contributed by atoms with Gasteiger partial charge in [-0.1, -0.05) is 42.5 Å². The molecule has 0 spiro atoms. The Morgan fingerprint density at radius 1 is 1.00 bits per heavy atom. The van der Waals surface area contributed by atoms with Gasteiger partial charge in [0, 0.05) is 31.9 Å². The Bertz CT molecular complexity index is 631. The monoisotopic (exact) mass is 332 g/mol. The summed E-state index contributed by atoms with van der Waals surface area (Å²) >= 11 is 0. The molecule has 0 unspecified atom stereocenters. The van der Waals surface area contributed by atoms with E-state index in [9.17, 15) is 0 Å². The summed E-state index contributed by atoms with van der Waals surface area (Å²) in [6.07, 6.45) is 1.14. The van der Waals surface area contributed by atoms with Crippen LogP contribution in [0.15, 0.2) is 42.5 Å². The van der Waals surface area contributed by atoms with Crippen molar-refractivity contribution >= 4 is 18.1 Å². The van der Waals surface area contributed by atoms with Crippen LogP contribution in [-0.2, 0) is 30.9 Å². The van der Waals surface area contributed by atoms with Gasteiger partial charge in [0.2, 0.25) is 0 Å². The largest absolute Gasteiger partial charge is 0.384 e. The van der Waals surface area contributed by atoms with Crippen LogP contribution in [0.1, 0.15) is 29.2 Å². The number of rotatable bonds is 7. The first-order chi connectivity index (χ1) is 10.9. The van der Waals surface area contributed by atoms with Gasteiger partial charge in [0.1, 0.15) is 0 Å². The van der Waals surface area contributed by atoms with Crippen LogP contribution >= 0.6 is 12.4 Å². The molecule has 0 atom stereocenters. The maximum atomic E-state index is 5.55. The third kappa shape index (κ3) is 4.47. The van der Waals surface area contributed by atoms with Crippen molar-refractivity contribution in [3.63, 3.8) is 0 Å². The molecule has 1 aliphatic rings. The average molecular weight is 333 g/mol. The summed E-state index contributed by atoms with van der Waals surface area (Å²) in [4.78, 5) is 0. The summed E-state index contributed by atoms with van der Waals surface area (Å²) in [5, 5.41) is 7.07. The van der Waals surface area contributed by atoms with Gasteiger partial charge in [-0.3, -0.25) is 0 Å². The van der Waals surface area contributed by atoms with E-state index in [0.29, 0.717) is 6.61 Å². The summed E-state index contributed by atoms with van der Waals surface area (Å²) in [7, 11) is 0. The molecular formula is C19H25ClN2O. The van der Waals surface area contributed by atoms with Crippen LogP contribution in [0.4, 0.5) is 5.69 Å². The second-order valence-corrected chi connectivity index (χ2v) is 5.64. The molecular weight excluding hydrogens is 308 g/mol. The molecule has 3 nitrogen and oxygen atoms in total. The third-order valence-corrected chi connectivity index (χ3v) is 4.14. The Morgan fingerprint density at radius 2 is 1.74 bits per heavy atom. The normalized spacial score (nSPS) is 12.4. The number of nitrogens with one attached hydrogen (secondary N) is 2. The first kappa shape index (κ1) is 17.8. The molecule has 0 radical (unpaired) electrons. The highest BCUT2D eigenvalue weighted by atomic mass is 35.5. The molecule has 0 bridgehead atoms. The van der Waals surface area contributed by atoms with Crippen molar-refractivity contribution in [3.8, 4) is 0 Å². The van der Waals surface area contributed by atoms with Crippen LogP contribution in [0.5, 0.6) is 0 Å². The van der Waals surface area contributed by atoms with Crippen molar-refractivity contribution in [2.45, 2.75) is 33.0 Å². The zero-order valence-electron chi connectivity index (χ0n) is 13.6. The van der Waals surface area contributed by atoms with Crippen molar-refractivity contribution in [3.05, 3.63) is 64.7 Å². The van der Waals surface area contributed by atoms with Crippen LogP contribution < -0.4 is 10.6 Å². The number of para-hydroxylation sites is 1. The summed E-state index contributed by atoms with van der Waals surface area (Å²) in [5.41, 5.74) is 6.72. The smallest absolute Gasteiger partial charge is 0.0719 e. The zero-order valence-corrected chi connectivity index (χ0v) is 14.4. The molecule has 2 N–H and O–H groups in total. The Balaban J connectivity index is 0.00000192. The fourth-order valence-corrected chi connectivity index (χ4v) is 2.97. The van der Waals surface area contributed by atoms with Crippen LogP contribution in [-0.4, -0.2) is 13.2 Å². The first-order valence-corrected chi connectivity index (χ1v) is 8.08. The molecule has 2 aromatic rings. The second kappa shape index (κ2) is 8.92. The summed E-state index contributed by atoms with van der Waals surface area (Å²) in [6.45, 7) is 6.29. The van der Waals surface area contributed by atoms with Crippen LogP contribution in [0, 0.1) is 0 Å². The maximum absolute atomic E-state index is 5.55. The van der Waals surface area contributed by atoms with Gasteiger partial charge in [0.15, 0.2) is 0 Å². The van der Waals surface area contributed by atoms with Gasteiger partial charge in [-0.25, -0.2) is 0 Å². The van der Waals surface area contributed by atoms with Crippen LogP contribution in [0.2, 0.25) is 0 Å². The molecule has 2 aromatic carbocycles. The van der Waals surface area contributed by atoms with Crippen molar-refractivity contribution in [1.29, 1.82) is 0 Å². The first-order valence-electron chi connectivity index (χ1n) is 8.08. The van der Waals surface area contributed by atoms with Gasteiger partial charge in [-0.15, -0.1) is 12.4 Å². The van der Waals surface area contributed by atoms with Crippen molar-refractivity contribution in [2.24, 2.45) is 0 Å². The molecule has 0 fully saturated rings. The number of hydrogen-bond acceptors (Lipinski definition) is 3. The van der Waals surface area contributed by atoms with E-state index in [-0.39, 0.29) is 12.4 Å². The standard InChI is InChI=1S/C19H24N2O.ClH/c1-2-22-14-18-7-4-3-6-16(18)12-20-13-17-9-5-8-15-10-11-21-19(15)17;/h3-9,20-21H,2,10-14H2,1H3;1H. The highest BCUT2D eigenvalue weighted by Crippen LogP contribution is 2.26. The van der Waals surface area contributed by atoms with E-state index in [1.54, 1.807) is 0 Å². The lowest BCUT2D eigenvalue weighted by molar-refractivity contribution is 0.133. The SMILES string of the molecule is CCOCc1ccccc1CNCc1cccc2c1NCC2.Cl. The molecule has 0 saturated carbocycles. The number of fused-ring (bicyclic) bond motifs is 1. The molecule has 0 amide bonds. The van der Waals surface area contributed by atoms with Crippen LogP contribution in [0.25, 0.3) is 0 Å². The van der Waals surface area contributed by atoms with Gasteiger partial charge >= 0.3 is 0 Å². The van der Waals surface area contributed by atoms with Crippen molar-refractivity contribution in [1.82, 2.24) is 5.32 Å². The van der Waals surface area contributed by atoms with E-state index in [0.717, 1.165) is 32.7 Å². The quantitative estimate of drug-likeness (QED) is 0.806. The number of halogens is 1. The van der Waals surface area contributed by atoms with Gasteiger partial charge in [-0.05, 0) is 35.6 Å². The third-order valence-electron chi connectivity index (χ3n) is 4.14. The molecule has 1 aliphatic heterocycles. The fraction of sp³-hybridized carbons (Fsp3) is 0.368. The summed E-state index contributed by atoms with van der Waals surface area (Å²) in [5.74, 6) is 0. The molecule has 0 aromatic heterocycles. The number of hydrogen-bond donors (Lipinski definition) is 2. The lowest BCUT2D eigenvalue weighted by Gasteiger charge is -2.12. The maximum Gasteiger partial charge on any atom is 0.0719 e. The molecule has 4 heteroatoms. The molecule has 0 saturated heterocycles. The predicted molar refractivity (Wildman–Crippen MR) is 98.2 cm³/mol. The summed E-state index contributed by atoms with van der Waals surface area (Å²) < 4.78 is 5.55. The van der Waals surface area contributed by atoms with E-state index in [4.69, 9.17) is 4.74 Å². The van der Waals surface area contributed by atoms with E-state index in [1.807, 2.05) is 6.92 Å². The van der Waals surface area contributed by atoms with E-state index in [2.05, 4.69) is 53.1 Å². The topological polar surface area (TPSA) is 33.3 Å². The van der Waals surface area contributed by atoms with Crippen molar-refractivity contribution < 1.29 is 4.74 Å². The fourth-order valence-electron chi connectivity index (χ4n) is 2.97. The molecule has 124 valence electrons. The minimum absolute atomic E-state index is 0.